The average molecular weight is 437 g/mol. The molecule has 134 valence electrons. The van der Waals surface area contributed by atoms with Gasteiger partial charge in [0.1, 0.15) is 0 Å². The third-order valence-corrected chi connectivity index (χ3v) is 6.35. The molecule has 0 spiro atoms. The van der Waals surface area contributed by atoms with Gasteiger partial charge in [0.15, 0.2) is 9.84 Å². The zero-order valence-electron chi connectivity index (χ0n) is 14.5. The van der Waals surface area contributed by atoms with E-state index in [0.29, 0.717) is 0 Å². The van der Waals surface area contributed by atoms with Crippen LogP contribution in [0.3, 0.4) is 0 Å². The van der Waals surface area contributed by atoms with Crippen molar-refractivity contribution in [1.82, 2.24) is 0 Å². The van der Waals surface area contributed by atoms with Crippen LogP contribution in [0.1, 0.15) is 11.1 Å². The van der Waals surface area contributed by atoms with Crippen LogP contribution < -0.4 is 0 Å². The summed E-state index contributed by atoms with van der Waals surface area (Å²) in [5.74, 6) is -0.0144. The quantitative estimate of drug-likeness (QED) is 0.349. The molecule has 0 heterocycles. The van der Waals surface area contributed by atoms with Crippen molar-refractivity contribution in [2.24, 2.45) is 0 Å². The average Bonchev–Trinajstić information content (AvgIpc) is 2.67. The summed E-state index contributed by atoms with van der Waals surface area (Å²) in [5.41, 5.74) is 1.70. The lowest BCUT2D eigenvalue weighted by Gasteiger charge is -2.08. The molecular weight excluding hydrogens is 420 g/mol. The molecular formula is C23H17BrO2S. The summed E-state index contributed by atoms with van der Waals surface area (Å²) in [6.45, 7) is 0. The normalized spacial score (nSPS) is 12.2. The van der Waals surface area contributed by atoms with E-state index >= 15 is 0 Å². The number of rotatable bonds is 4. The first kappa shape index (κ1) is 18.0. The summed E-state index contributed by atoms with van der Waals surface area (Å²) in [7, 11) is -3.38. The zero-order valence-corrected chi connectivity index (χ0v) is 16.9. The summed E-state index contributed by atoms with van der Waals surface area (Å²) in [6, 6.07) is 25.6. The van der Waals surface area contributed by atoms with Crippen molar-refractivity contribution in [3.05, 3.63) is 99.9 Å². The molecule has 0 saturated heterocycles. The smallest absolute Gasteiger partial charge is 0.175 e. The van der Waals surface area contributed by atoms with Gasteiger partial charge in [-0.15, -0.1) is 0 Å². The van der Waals surface area contributed by atoms with Gasteiger partial charge in [0.25, 0.3) is 0 Å². The lowest BCUT2D eigenvalue weighted by Crippen LogP contribution is -1.99. The second kappa shape index (κ2) is 7.29. The monoisotopic (exact) mass is 436 g/mol. The minimum Gasteiger partial charge on any atom is -0.224 e. The van der Waals surface area contributed by atoms with Crippen molar-refractivity contribution in [3.8, 4) is 0 Å². The van der Waals surface area contributed by atoms with Gasteiger partial charge < -0.3 is 0 Å². The molecule has 0 aliphatic heterocycles. The molecule has 0 atom stereocenters. The molecule has 4 rings (SSSR count). The van der Waals surface area contributed by atoms with E-state index in [2.05, 4.69) is 34.1 Å². The molecule has 0 saturated carbocycles. The standard InChI is InChI=1S/C23H17BrO2S/c24-20-11-9-17(10-12-20)16-27(25,26)14-13-23-21-7-3-1-5-18(21)15-19-6-2-4-8-22(19)23/h1-15H,16H2/b14-13+. The molecule has 0 unspecified atom stereocenters. The maximum atomic E-state index is 12.6. The molecule has 0 bridgehead atoms. The summed E-state index contributed by atoms with van der Waals surface area (Å²) in [6.07, 6.45) is 1.73. The van der Waals surface area contributed by atoms with Crippen LogP contribution in [0.25, 0.3) is 27.6 Å². The molecule has 0 fully saturated rings. The van der Waals surface area contributed by atoms with Gasteiger partial charge >= 0.3 is 0 Å². The lowest BCUT2D eigenvalue weighted by molar-refractivity contribution is 0.604. The van der Waals surface area contributed by atoms with Crippen LogP contribution in [0.2, 0.25) is 0 Å². The number of fused-ring (bicyclic) bond motifs is 2. The zero-order chi connectivity index (χ0) is 18.9. The largest absolute Gasteiger partial charge is 0.224 e. The van der Waals surface area contributed by atoms with E-state index < -0.39 is 9.84 Å². The van der Waals surface area contributed by atoms with Crippen LogP contribution in [-0.2, 0) is 15.6 Å². The van der Waals surface area contributed by atoms with E-state index in [-0.39, 0.29) is 5.75 Å². The lowest BCUT2D eigenvalue weighted by atomic mass is 9.97. The van der Waals surface area contributed by atoms with Gasteiger partial charge in [-0.1, -0.05) is 76.6 Å². The maximum absolute atomic E-state index is 12.6. The summed E-state index contributed by atoms with van der Waals surface area (Å²) >= 11 is 3.37. The van der Waals surface area contributed by atoms with Crippen molar-refractivity contribution in [3.63, 3.8) is 0 Å². The van der Waals surface area contributed by atoms with Crippen LogP contribution in [-0.4, -0.2) is 8.42 Å². The van der Waals surface area contributed by atoms with Crippen LogP contribution in [0.15, 0.2) is 88.7 Å². The third-order valence-electron chi connectivity index (χ3n) is 4.54. The Balaban J connectivity index is 1.78. The Hall–Kier alpha value is -2.43. The predicted octanol–water partition coefficient (Wildman–Crippen LogP) is 6.34. The fraction of sp³-hybridized carbons (Fsp3) is 0.0435. The molecule has 0 N–H and O–H groups in total. The fourth-order valence-corrected chi connectivity index (χ4v) is 4.62. The minimum atomic E-state index is -3.38. The third kappa shape index (κ3) is 3.97. The predicted molar refractivity (Wildman–Crippen MR) is 117 cm³/mol. The van der Waals surface area contributed by atoms with Crippen molar-refractivity contribution in [1.29, 1.82) is 0 Å². The SMILES string of the molecule is O=S(=O)(/C=C/c1c2ccccc2cc2ccccc12)Cc1ccc(Br)cc1. The van der Waals surface area contributed by atoms with Gasteiger partial charge in [-0.3, -0.25) is 0 Å². The van der Waals surface area contributed by atoms with E-state index in [1.807, 2.05) is 60.7 Å². The highest BCUT2D eigenvalue weighted by Crippen LogP contribution is 2.29. The fourth-order valence-electron chi connectivity index (χ4n) is 3.26. The van der Waals surface area contributed by atoms with Crippen LogP contribution in [0.4, 0.5) is 0 Å². The number of sulfone groups is 1. The Kier molecular flexibility index (Phi) is 4.85. The van der Waals surface area contributed by atoms with Crippen molar-refractivity contribution in [2.75, 3.05) is 0 Å². The van der Waals surface area contributed by atoms with Gasteiger partial charge in [-0.05, 0) is 56.9 Å². The molecule has 2 nitrogen and oxygen atoms in total. The maximum Gasteiger partial charge on any atom is 0.175 e. The van der Waals surface area contributed by atoms with E-state index in [0.717, 1.165) is 37.1 Å². The summed E-state index contributed by atoms with van der Waals surface area (Å²) in [5, 5.41) is 5.63. The molecule has 0 amide bonds. The Morgan fingerprint density at radius 1 is 0.778 bits per heavy atom. The Morgan fingerprint density at radius 3 is 1.93 bits per heavy atom. The van der Waals surface area contributed by atoms with Gasteiger partial charge in [-0.25, -0.2) is 8.42 Å². The van der Waals surface area contributed by atoms with Gasteiger partial charge in [-0.2, -0.15) is 0 Å². The van der Waals surface area contributed by atoms with E-state index in [1.165, 1.54) is 5.41 Å². The molecule has 0 aliphatic carbocycles. The van der Waals surface area contributed by atoms with Crippen LogP contribution in [0.5, 0.6) is 0 Å². The van der Waals surface area contributed by atoms with Crippen molar-refractivity contribution < 1.29 is 8.42 Å². The van der Waals surface area contributed by atoms with Crippen LogP contribution in [0, 0.1) is 0 Å². The molecule has 0 aliphatic rings. The van der Waals surface area contributed by atoms with Crippen molar-refractivity contribution >= 4 is 53.4 Å². The first-order chi connectivity index (χ1) is 13.0. The molecule has 4 aromatic rings. The number of benzene rings is 4. The second-order valence-corrected chi connectivity index (χ2v) is 9.27. The Bertz CT molecular complexity index is 1200. The topological polar surface area (TPSA) is 34.1 Å². The first-order valence-electron chi connectivity index (χ1n) is 8.58. The Morgan fingerprint density at radius 2 is 1.33 bits per heavy atom. The van der Waals surface area contributed by atoms with E-state index in [9.17, 15) is 8.42 Å². The number of hydrogen-bond acceptors (Lipinski definition) is 2. The summed E-state index contributed by atoms with van der Waals surface area (Å²) in [4.78, 5) is 0. The van der Waals surface area contributed by atoms with E-state index in [4.69, 9.17) is 0 Å². The highest BCUT2D eigenvalue weighted by atomic mass is 79.9. The van der Waals surface area contributed by atoms with Gasteiger partial charge in [0.2, 0.25) is 0 Å². The highest BCUT2D eigenvalue weighted by molar-refractivity contribution is 9.10. The Labute approximate surface area is 167 Å². The number of hydrogen-bond donors (Lipinski definition) is 0. The molecule has 4 aromatic carbocycles. The van der Waals surface area contributed by atoms with Gasteiger partial charge in [0, 0.05) is 9.88 Å². The van der Waals surface area contributed by atoms with Crippen LogP contribution >= 0.6 is 15.9 Å². The van der Waals surface area contributed by atoms with Crippen molar-refractivity contribution in [2.45, 2.75) is 5.75 Å². The second-order valence-electron chi connectivity index (χ2n) is 6.47. The molecule has 0 radical (unpaired) electrons. The number of halogens is 1. The van der Waals surface area contributed by atoms with Gasteiger partial charge in [0.05, 0.1) is 5.75 Å². The first-order valence-corrected chi connectivity index (χ1v) is 11.1. The summed E-state index contributed by atoms with van der Waals surface area (Å²) < 4.78 is 26.2. The van der Waals surface area contributed by atoms with E-state index in [1.54, 1.807) is 6.08 Å². The molecule has 0 aromatic heterocycles. The molecule has 27 heavy (non-hydrogen) atoms. The molecule has 4 heteroatoms. The highest BCUT2D eigenvalue weighted by Gasteiger charge is 2.10. The minimum absolute atomic E-state index is 0.0144.